The van der Waals surface area contributed by atoms with Gasteiger partial charge >= 0.3 is 5.69 Å². The zero-order valence-corrected chi connectivity index (χ0v) is 14.6. The molecule has 0 bridgehead atoms. The van der Waals surface area contributed by atoms with Crippen molar-refractivity contribution in [3.05, 3.63) is 58.1 Å². The summed E-state index contributed by atoms with van der Waals surface area (Å²) in [6.45, 7) is 1.50. The van der Waals surface area contributed by atoms with E-state index >= 15 is 0 Å². The van der Waals surface area contributed by atoms with E-state index in [4.69, 9.17) is 4.74 Å². The summed E-state index contributed by atoms with van der Waals surface area (Å²) in [5.74, 6) is 0.0775. The van der Waals surface area contributed by atoms with Crippen LogP contribution in [0.25, 0.3) is 11.4 Å². The highest BCUT2D eigenvalue weighted by Crippen LogP contribution is 2.32. The maximum Gasteiger partial charge on any atom is 0.311 e. The van der Waals surface area contributed by atoms with Crippen molar-refractivity contribution >= 4 is 17.3 Å². The highest BCUT2D eigenvalue weighted by molar-refractivity contribution is 5.91. The van der Waals surface area contributed by atoms with Crippen LogP contribution < -0.4 is 10.1 Å². The van der Waals surface area contributed by atoms with Gasteiger partial charge in [0.05, 0.1) is 12.0 Å². The molecular weight excluding hydrogens is 352 g/mol. The van der Waals surface area contributed by atoms with E-state index < -0.39 is 10.8 Å². The summed E-state index contributed by atoms with van der Waals surface area (Å²) in [5.41, 5.74) is 1.57. The fourth-order valence-corrected chi connectivity index (χ4v) is 2.44. The Bertz CT molecular complexity index is 986. The van der Waals surface area contributed by atoms with Gasteiger partial charge in [-0.3, -0.25) is 14.9 Å². The number of carbonyl (C=O) groups is 1. The van der Waals surface area contributed by atoms with Crippen molar-refractivity contribution in [1.29, 1.82) is 0 Å². The molecular formula is C17H16N6O4. The van der Waals surface area contributed by atoms with Gasteiger partial charge < -0.3 is 10.1 Å². The summed E-state index contributed by atoms with van der Waals surface area (Å²) in [7, 11) is 1.33. The molecule has 0 unspecified atom stereocenters. The van der Waals surface area contributed by atoms with Crippen LogP contribution in [0.2, 0.25) is 0 Å². The van der Waals surface area contributed by atoms with Crippen molar-refractivity contribution in [2.24, 2.45) is 0 Å². The van der Waals surface area contributed by atoms with Crippen molar-refractivity contribution in [3.8, 4) is 17.1 Å². The molecule has 3 rings (SSSR count). The van der Waals surface area contributed by atoms with E-state index in [2.05, 4.69) is 20.7 Å². The highest BCUT2D eigenvalue weighted by Gasteiger charge is 2.18. The number of carbonyl (C=O) groups excluding carboxylic acids is 1. The molecule has 0 saturated carbocycles. The fourth-order valence-electron chi connectivity index (χ4n) is 2.44. The van der Waals surface area contributed by atoms with Gasteiger partial charge in [0, 0.05) is 23.4 Å². The van der Waals surface area contributed by atoms with E-state index in [1.165, 1.54) is 24.0 Å². The van der Waals surface area contributed by atoms with Crippen molar-refractivity contribution in [2.45, 2.75) is 13.5 Å². The maximum atomic E-state index is 12.3. The van der Waals surface area contributed by atoms with Crippen molar-refractivity contribution in [2.75, 3.05) is 12.4 Å². The smallest absolute Gasteiger partial charge is 0.311 e. The molecule has 1 N–H and O–H groups in total. The highest BCUT2D eigenvalue weighted by atomic mass is 16.6. The first kappa shape index (κ1) is 18.0. The molecule has 0 spiro atoms. The minimum absolute atomic E-state index is 0.0612. The largest absolute Gasteiger partial charge is 0.490 e. The first-order chi connectivity index (χ1) is 13.0. The molecule has 0 fully saturated rings. The number of hydrogen-bond donors (Lipinski definition) is 1. The van der Waals surface area contributed by atoms with Crippen LogP contribution in [-0.2, 0) is 11.3 Å². The normalized spacial score (nSPS) is 10.4. The fraction of sp³-hybridized carbons (Fsp3) is 0.176. The van der Waals surface area contributed by atoms with E-state index in [1.807, 2.05) is 30.3 Å². The standard InChI is InChI=1S/C17H16N6O4/c1-11-8-14(23(25)26)15(27-2)9-13(11)18-16(24)10-22-20-17(19-21-22)12-6-4-3-5-7-12/h3-9H,10H2,1-2H3,(H,18,24). The van der Waals surface area contributed by atoms with Crippen LogP contribution in [-0.4, -0.2) is 38.1 Å². The topological polar surface area (TPSA) is 125 Å². The Balaban J connectivity index is 1.73. The second-order valence-corrected chi connectivity index (χ2v) is 5.65. The number of hydrogen-bond acceptors (Lipinski definition) is 7. The quantitative estimate of drug-likeness (QED) is 0.522. The summed E-state index contributed by atoms with van der Waals surface area (Å²) >= 11 is 0. The maximum absolute atomic E-state index is 12.3. The van der Waals surface area contributed by atoms with Crippen LogP contribution in [0.15, 0.2) is 42.5 Å². The first-order valence-corrected chi connectivity index (χ1v) is 7.94. The lowest BCUT2D eigenvalue weighted by molar-refractivity contribution is -0.385. The molecule has 0 aliphatic carbocycles. The number of amides is 1. The molecule has 3 aromatic rings. The number of rotatable bonds is 6. The van der Waals surface area contributed by atoms with Gasteiger partial charge in [0.1, 0.15) is 6.54 Å². The Labute approximate surface area is 153 Å². The Morgan fingerprint density at radius 3 is 2.70 bits per heavy atom. The lowest BCUT2D eigenvalue weighted by Gasteiger charge is -2.10. The third-order valence-electron chi connectivity index (χ3n) is 3.77. The van der Waals surface area contributed by atoms with Crippen LogP contribution in [0.4, 0.5) is 11.4 Å². The van der Waals surface area contributed by atoms with Crippen LogP contribution in [0, 0.1) is 17.0 Å². The zero-order valence-electron chi connectivity index (χ0n) is 14.6. The van der Waals surface area contributed by atoms with Gasteiger partial charge in [-0.15, -0.1) is 10.2 Å². The van der Waals surface area contributed by atoms with Crippen molar-refractivity contribution < 1.29 is 14.5 Å². The molecule has 1 aromatic heterocycles. The van der Waals surface area contributed by atoms with Gasteiger partial charge in [0.25, 0.3) is 0 Å². The second-order valence-electron chi connectivity index (χ2n) is 5.65. The first-order valence-electron chi connectivity index (χ1n) is 7.94. The van der Waals surface area contributed by atoms with E-state index in [9.17, 15) is 14.9 Å². The number of nitrogens with zero attached hydrogens (tertiary/aromatic N) is 5. The lowest BCUT2D eigenvalue weighted by atomic mass is 10.1. The predicted octanol–water partition coefficient (Wildman–Crippen LogP) is 2.20. The monoisotopic (exact) mass is 368 g/mol. The molecule has 1 heterocycles. The number of methoxy groups -OCH3 is 1. The molecule has 0 aliphatic rings. The van der Waals surface area contributed by atoms with Gasteiger partial charge in [-0.25, -0.2) is 0 Å². The van der Waals surface area contributed by atoms with Gasteiger partial charge in [-0.05, 0) is 17.7 Å². The predicted molar refractivity (Wildman–Crippen MR) is 96.3 cm³/mol. The molecule has 138 valence electrons. The number of nitrogens with one attached hydrogen (secondary N) is 1. The minimum atomic E-state index is -0.540. The number of benzene rings is 2. The second kappa shape index (κ2) is 7.60. The summed E-state index contributed by atoms with van der Waals surface area (Å²) in [6.07, 6.45) is 0. The Hall–Kier alpha value is -3.82. The molecule has 0 radical (unpaired) electrons. The average Bonchev–Trinajstić information content (AvgIpc) is 3.12. The van der Waals surface area contributed by atoms with Gasteiger partial charge in [-0.2, -0.15) is 4.80 Å². The minimum Gasteiger partial charge on any atom is -0.490 e. The van der Waals surface area contributed by atoms with Gasteiger partial charge in [0.2, 0.25) is 11.7 Å². The van der Waals surface area contributed by atoms with Crippen LogP contribution in [0.3, 0.4) is 0 Å². The number of tetrazole rings is 1. The van der Waals surface area contributed by atoms with Crippen molar-refractivity contribution in [3.63, 3.8) is 0 Å². The third kappa shape index (κ3) is 4.06. The van der Waals surface area contributed by atoms with Crippen molar-refractivity contribution in [1.82, 2.24) is 20.2 Å². The molecule has 0 atom stereocenters. The lowest BCUT2D eigenvalue weighted by Crippen LogP contribution is -2.21. The number of nitro benzene ring substituents is 1. The molecule has 27 heavy (non-hydrogen) atoms. The Kier molecular flexibility index (Phi) is 5.06. The number of ether oxygens (including phenoxy) is 1. The number of aromatic nitrogens is 4. The summed E-state index contributed by atoms with van der Waals surface area (Å²) in [4.78, 5) is 24.0. The van der Waals surface area contributed by atoms with Crippen LogP contribution in [0.5, 0.6) is 5.75 Å². The summed E-state index contributed by atoms with van der Waals surface area (Å²) < 4.78 is 5.02. The molecule has 0 aliphatic heterocycles. The van der Waals surface area contributed by atoms with Crippen LogP contribution in [0.1, 0.15) is 5.56 Å². The summed E-state index contributed by atoms with van der Waals surface area (Å²) in [5, 5.41) is 25.7. The molecule has 10 heteroatoms. The van der Waals surface area contributed by atoms with Gasteiger partial charge in [-0.1, -0.05) is 30.3 Å². The Morgan fingerprint density at radius 2 is 2.04 bits per heavy atom. The third-order valence-corrected chi connectivity index (χ3v) is 3.77. The molecule has 2 aromatic carbocycles. The van der Waals surface area contributed by atoms with E-state index in [1.54, 1.807) is 6.92 Å². The molecule has 0 saturated heterocycles. The van der Waals surface area contributed by atoms with E-state index in [-0.39, 0.29) is 18.0 Å². The Morgan fingerprint density at radius 1 is 1.30 bits per heavy atom. The molecule has 1 amide bonds. The number of aryl methyl sites for hydroxylation is 1. The molecule has 10 nitrogen and oxygen atoms in total. The summed E-state index contributed by atoms with van der Waals surface area (Å²) in [6, 6.07) is 12.0. The van der Waals surface area contributed by atoms with E-state index in [0.717, 1.165) is 5.56 Å². The SMILES string of the molecule is COc1cc(NC(=O)Cn2nnc(-c3ccccc3)n2)c(C)cc1[N+](=O)[O-]. The van der Waals surface area contributed by atoms with Gasteiger partial charge in [0.15, 0.2) is 5.75 Å². The number of anilines is 1. The van der Waals surface area contributed by atoms with E-state index in [0.29, 0.717) is 17.1 Å². The van der Waals surface area contributed by atoms with Crippen LogP contribution >= 0.6 is 0 Å². The average molecular weight is 368 g/mol. The number of nitro groups is 1. The zero-order chi connectivity index (χ0) is 19.4.